The zero-order valence-electron chi connectivity index (χ0n) is 59.7. The molecule has 2 unspecified atom stereocenters. The summed E-state index contributed by atoms with van der Waals surface area (Å²) in [5.41, 5.74) is 0. The summed E-state index contributed by atoms with van der Waals surface area (Å²) in [7, 11) is 1.19. The topological polar surface area (TPSA) is 111 Å². The number of likely N-dealkylation sites (N-methyl/N-ethyl adjacent to an activating group) is 1. The largest absolute Gasteiger partial charge is 0.756 e. The Balaban J connectivity index is 3.91. The van der Waals surface area contributed by atoms with Crippen LogP contribution in [0.5, 0.6) is 0 Å². The van der Waals surface area contributed by atoms with E-state index in [1.807, 2.05) is 21.1 Å². The number of carbonyl (C=O) groups is 2. The second-order valence-electron chi connectivity index (χ2n) is 28.1. The van der Waals surface area contributed by atoms with Crippen molar-refractivity contribution in [3.05, 3.63) is 24.3 Å². The van der Waals surface area contributed by atoms with E-state index in [2.05, 4.69) is 38.2 Å². The monoisotopic (exact) mass is 1260 g/mol. The Morgan fingerprint density at radius 3 is 0.898 bits per heavy atom. The molecule has 0 rings (SSSR count). The summed E-state index contributed by atoms with van der Waals surface area (Å²) in [6.45, 7) is 4.32. The number of allylic oxidation sites excluding steroid dienone is 4. The number of hydrogen-bond donors (Lipinski definition) is 0. The van der Waals surface area contributed by atoms with E-state index >= 15 is 0 Å². The number of phosphoric acid groups is 1. The fraction of sp³-hybridized carbons (Fsp3) is 0.923. The third kappa shape index (κ3) is 73.5. The van der Waals surface area contributed by atoms with Gasteiger partial charge in [0.1, 0.15) is 19.8 Å². The summed E-state index contributed by atoms with van der Waals surface area (Å²) in [5, 5.41) is 0. The quantitative estimate of drug-likeness (QED) is 0.0195. The minimum Gasteiger partial charge on any atom is -0.756 e. The molecule has 88 heavy (non-hydrogen) atoms. The van der Waals surface area contributed by atoms with Crippen LogP contribution in [0.25, 0.3) is 0 Å². The van der Waals surface area contributed by atoms with E-state index in [1.54, 1.807) is 0 Å². The van der Waals surface area contributed by atoms with Crippen molar-refractivity contribution < 1.29 is 42.1 Å². The molecule has 0 radical (unpaired) electrons. The lowest BCUT2D eigenvalue weighted by Gasteiger charge is -2.28. The third-order valence-electron chi connectivity index (χ3n) is 18.0. The summed E-state index contributed by atoms with van der Waals surface area (Å²) in [6.07, 6.45) is 88.7. The van der Waals surface area contributed by atoms with Gasteiger partial charge < -0.3 is 27.9 Å². The van der Waals surface area contributed by atoms with E-state index in [0.29, 0.717) is 17.4 Å². The molecular formula is C78H152NO8P. The highest BCUT2D eigenvalue weighted by molar-refractivity contribution is 7.45. The molecule has 0 N–H and O–H groups in total. The zero-order valence-corrected chi connectivity index (χ0v) is 60.6. The molecule has 10 heteroatoms. The van der Waals surface area contributed by atoms with Crippen LogP contribution in [0.4, 0.5) is 0 Å². The molecule has 9 nitrogen and oxygen atoms in total. The molecule has 0 aromatic carbocycles. The predicted molar refractivity (Wildman–Crippen MR) is 379 cm³/mol. The molecule has 0 spiro atoms. The van der Waals surface area contributed by atoms with Gasteiger partial charge in [0.25, 0.3) is 7.82 Å². The summed E-state index contributed by atoms with van der Waals surface area (Å²) < 4.78 is 34.4. The summed E-state index contributed by atoms with van der Waals surface area (Å²) in [5.74, 6) is -0.805. The Labute approximate surface area is 549 Å². The number of unbranched alkanes of at least 4 members (excludes halogenated alkanes) is 56. The van der Waals surface area contributed by atoms with Gasteiger partial charge in [-0.3, -0.25) is 14.2 Å². The number of phosphoric ester groups is 1. The van der Waals surface area contributed by atoms with Crippen molar-refractivity contribution in [3.8, 4) is 0 Å². The van der Waals surface area contributed by atoms with Crippen LogP contribution in [-0.2, 0) is 32.7 Å². The van der Waals surface area contributed by atoms with Crippen LogP contribution in [-0.4, -0.2) is 70.0 Å². The molecule has 0 aliphatic carbocycles. The molecule has 0 saturated carbocycles. The van der Waals surface area contributed by atoms with E-state index in [0.717, 1.165) is 38.5 Å². The predicted octanol–water partition coefficient (Wildman–Crippen LogP) is 25.0. The molecule has 0 amide bonds. The molecule has 522 valence electrons. The van der Waals surface area contributed by atoms with Gasteiger partial charge >= 0.3 is 11.9 Å². The van der Waals surface area contributed by atoms with Crippen molar-refractivity contribution >= 4 is 19.8 Å². The highest BCUT2D eigenvalue weighted by Crippen LogP contribution is 2.38. The summed E-state index contributed by atoms with van der Waals surface area (Å²) >= 11 is 0. The highest BCUT2D eigenvalue weighted by Gasteiger charge is 2.22. The van der Waals surface area contributed by atoms with Crippen LogP contribution in [0, 0.1) is 0 Å². The van der Waals surface area contributed by atoms with Gasteiger partial charge in [-0.2, -0.15) is 0 Å². The average molecular weight is 1260 g/mol. The van der Waals surface area contributed by atoms with Crippen molar-refractivity contribution in [2.45, 2.75) is 418 Å². The van der Waals surface area contributed by atoms with Gasteiger partial charge in [0.15, 0.2) is 6.10 Å². The Morgan fingerprint density at radius 1 is 0.352 bits per heavy atom. The van der Waals surface area contributed by atoms with E-state index < -0.39 is 26.5 Å². The fourth-order valence-electron chi connectivity index (χ4n) is 12.0. The first-order valence-corrected chi connectivity index (χ1v) is 40.5. The normalized spacial score (nSPS) is 13.1. The molecular weight excluding hydrogens is 1110 g/mol. The number of quaternary nitrogens is 1. The smallest absolute Gasteiger partial charge is 0.306 e. The molecule has 0 aliphatic rings. The molecule has 0 aliphatic heterocycles. The van der Waals surface area contributed by atoms with Gasteiger partial charge in [0.05, 0.1) is 27.7 Å². The lowest BCUT2D eigenvalue weighted by molar-refractivity contribution is -0.870. The lowest BCUT2D eigenvalue weighted by Crippen LogP contribution is -2.37. The van der Waals surface area contributed by atoms with Gasteiger partial charge in [0, 0.05) is 12.8 Å². The standard InChI is InChI=1S/C78H152NO8P/c1-6-8-10-12-14-16-18-20-22-24-26-28-30-32-34-36-37-38-39-40-41-43-45-47-49-51-53-55-57-59-61-63-65-67-69-71-78(81)87-76(75-86-88(82,83)85-73-72-79(3,4)5)74-84-77(80)70-68-66-64-62-60-58-56-54-52-50-48-46-44-42-35-33-31-29-27-25-23-21-19-17-15-13-11-9-7-2/h18,20,24,26,76H,6-17,19,21-23,25,27-75H2,1-5H3/b20-18-,26-24-. The maximum Gasteiger partial charge on any atom is 0.306 e. The molecule has 0 bridgehead atoms. The number of nitrogens with zero attached hydrogens (tertiary/aromatic N) is 1. The minimum atomic E-state index is -4.64. The van der Waals surface area contributed by atoms with Crippen molar-refractivity contribution in [2.24, 2.45) is 0 Å². The van der Waals surface area contributed by atoms with Gasteiger partial charge in [-0.1, -0.05) is 378 Å². The lowest BCUT2D eigenvalue weighted by atomic mass is 10.0. The first kappa shape index (κ1) is 86.5. The number of ether oxygens (including phenoxy) is 2. The van der Waals surface area contributed by atoms with Crippen LogP contribution in [0.1, 0.15) is 412 Å². The maximum atomic E-state index is 12.9. The first-order chi connectivity index (χ1) is 43.0. The van der Waals surface area contributed by atoms with E-state index in [9.17, 15) is 19.0 Å². The van der Waals surface area contributed by atoms with Crippen LogP contribution in [0.2, 0.25) is 0 Å². The Hall–Kier alpha value is -1.51. The zero-order chi connectivity index (χ0) is 64.1. The Morgan fingerprint density at radius 2 is 0.614 bits per heavy atom. The molecule has 0 saturated heterocycles. The van der Waals surface area contributed by atoms with E-state index in [1.165, 1.54) is 340 Å². The minimum absolute atomic E-state index is 0.0262. The first-order valence-electron chi connectivity index (χ1n) is 39.0. The van der Waals surface area contributed by atoms with Crippen LogP contribution in [0.3, 0.4) is 0 Å². The SMILES string of the molecule is CCCCCCC/C=C\C/C=C\CCCCCCCCCCCCCCCCCCCCCCCCCC(=O)OC(COC(=O)CCCCCCCCCCCCCCCCCCCCCCCCCCCCCCC)COP(=O)([O-])OCC[N+](C)(C)C. The number of carbonyl (C=O) groups excluding carboxylic acids is 2. The molecule has 0 aromatic heterocycles. The highest BCUT2D eigenvalue weighted by atomic mass is 31.2. The second-order valence-corrected chi connectivity index (χ2v) is 29.5. The second kappa shape index (κ2) is 69.8. The van der Waals surface area contributed by atoms with Crippen molar-refractivity contribution in [1.82, 2.24) is 0 Å². The maximum absolute atomic E-state index is 12.9. The van der Waals surface area contributed by atoms with Crippen molar-refractivity contribution in [2.75, 3.05) is 47.5 Å². The van der Waals surface area contributed by atoms with E-state index in [-0.39, 0.29) is 32.0 Å². The summed E-state index contributed by atoms with van der Waals surface area (Å²) in [6, 6.07) is 0. The van der Waals surface area contributed by atoms with Crippen molar-refractivity contribution in [1.29, 1.82) is 0 Å². The number of hydrogen-bond acceptors (Lipinski definition) is 8. The Kier molecular flexibility index (Phi) is 68.6. The molecule has 0 fully saturated rings. The van der Waals surface area contributed by atoms with Gasteiger partial charge in [0.2, 0.25) is 0 Å². The average Bonchev–Trinajstić information content (AvgIpc) is 3.57. The van der Waals surface area contributed by atoms with Gasteiger partial charge in [-0.15, -0.1) is 0 Å². The van der Waals surface area contributed by atoms with Crippen LogP contribution in [0.15, 0.2) is 24.3 Å². The van der Waals surface area contributed by atoms with Crippen LogP contribution < -0.4 is 4.89 Å². The number of esters is 2. The Bertz CT molecular complexity index is 1530. The third-order valence-corrected chi connectivity index (χ3v) is 18.9. The molecule has 0 heterocycles. The van der Waals surface area contributed by atoms with Gasteiger partial charge in [-0.05, 0) is 44.9 Å². The molecule has 0 aromatic rings. The van der Waals surface area contributed by atoms with Crippen LogP contribution >= 0.6 is 7.82 Å². The number of rotatable bonds is 74. The van der Waals surface area contributed by atoms with E-state index in [4.69, 9.17) is 18.5 Å². The summed E-state index contributed by atoms with van der Waals surface area (Å²) in [4.78, 5) is 38.1. The van der Waals surface area contributed by atoms with Crippen molar-refractivity contribution in [3.63, 3.8) is 0 Å². The molecule has 2 atom stereocenters. The fourth-order valence-corrected chi connectivity index (χ4v) is 12.7. The van der Waals surface area contributed by atoms with Gasteiger partial charge in [-0.25, -0.2) is 0 Å².